The molecule has 1 aromatic heterocycles. The van der Waals surface area contributed by atoms with Crippen molar-refractivity contribution in [3.05, 3.63) is 18.5 Å². The van der Waals surface area contributed by atoms with Crippen LogP contribution in [0.5, 0.6) is 0 Å². The molecule has 3 rings (SSSR count). The van der Waals surface area contributed by atoms with Gasteiger partial charge in [-0.15, -0.1) is 0 Å². The van der Waals surface area contributed by atoms with Crippen molar-refractivity contribution in [3.8, 4) is 0 Å². The van der Waals surface area contributed by atoms with Gasteiger partial charge in [-0.25, -0.2) is 4.99 Å². The molecule has 1 aromatic rings. The number of fused-ring (bicyclic) bond motifs is 1. The summed E-state index contributed by atoms with van der Waals surface area (Å²) in [7, 11) is 0. The van der Waals surface area contributed by atoms with E-state index in [4.69, 9.17) is 0 Å². The van der Waals surface area contributed by atoms with Gasteiger partial charge in [-0.3, -0.25) is 9.71 Å². The largest absolute Gasteiger partial charge is 0.324 e. The number of anilines is 1. The third-order valence-electron chi connectivity index (χ3n) is 2.93. The maximum absolute atomic E-state index is 4.69. The van der Waals surface area contributed by atoms with Gasteiger partial charge in [0.2, 0.25) is 5.96 Å². The van der Waals surface area contributed by atoms with Gasteiger partial charge in [0.1, 0.15) is 0 Å². The summed E-state index contributed by atoms with van der Waals surface area (Å²) in [5.74, 6) is 0.885. The van der Waals surface area contributed by atoms with Crippen molar-refractivity contribution in [1.82, 2.24) is 9.71 Å². The van der Waals surface area contributed by atoms with Crippen molar-refractivity contribution in [2.45, 2.75) is 36.6 Å². The van der Waals surface area contributed by atoms with Crippen LogP contribution < -0.4 is 10.0 Å². The maximum Gasteiger partial charge on any atom is 0.206 e. The standard InChI is InChI=1S/C11H14N4S/c1-2-4-8(3-1)13-11-14-9-5-6-12-7-10(9)16-15-11/h5-8H,1-4H2,(H2,13,14,15). The lowest BCUT2D eigenvalue weighted by atomic mass is 10.3. The number of guanidine groups is 1. The van der Waals surface area contributed by atoms with E-state index >= 15 is 0 Å². The number of hydrogen-bond donors (Lipinski definition) is 2. The number of nitrogens with one attached hydrogen (secondary N) is 2. The number of aromatic nitrogens is 1. The molecule has 4 nitrogen and oxygen atoms in total. The second kappa shape index (κ2) is 4.33. The Kier molecular flexibility index (Phi) is 2.70. The van der Waals surface area contributed by atoms with Crippen LogP contribution in [0.15, 0.2) is 28.3 Å². The number of aliphatic imine (C=N–C) groups is 1. The summed E-state index contributed by atoms with van der Waals surface area (Å²) in [6.07, 6.45) is 8.73. The third-order valence-corrected chi connectivity index (χ3v) is 3.77. The van der Waals surface area contributed by atoms with Gasteiger partial charge >= 0.3 is 0 Å². The Bertz CT molecular complexity index is 412. The molecular weight excluding hydrogens is 220 g/mol. The van der Waals surface area contributed by atoms with Crippen LogP contribution in [0.3, 0.4) is 0 Å². The third kappa shape index (κ3) is 2.00. The Morgan fingerprint density at radius 2 is 2.25 bits per heavy atom. The van der Waals surface area contributed by atoms with Gasteiger partial charge in [-0.1, -0.05) is 12.8 Å². The highest BCUT2D eigenvalue weighted by Crippen LogP contribution is 2.28. The first-order valence-corrected chi connectivity index (χ1v) is 6.45. The van der Waals surface area contributed by atoms with Crippen molar-refractivity contribution < 1.29 is 0 Å². The molecule has 1 aliphatic carbocycles. The van der Waals surface area contributed by atoms with Crippen molar-refractivity contribution in [3.63, 3.8) is 0 Å². The fourth-order valence-electron chi connectivity index (χ4n) is 2.10. The predicted molar refractivity (Wildman–Crippen MR) is 66.5 cm³/mol. The second-order valence-corrected chi connectivity index (χ2v) is 4.97. The zero-order chi connectivity index (χ0) is 10.8. The van der Waals surface area contributed by atoms with E-state index < -0.39 is 0 Å². The number of hydrogen-bond acceptors (Lipinski definition) is 3. The molecule has 0 saturated heterocycles. The molecular formula is C11H14N4S. The van der Waals surface area contributed by atoms with E-state index in [1.54, 1.807) is 18.1 Å². The topological polar surface area (TPSA) is 49.3 Å². The van der Waals surface area contributed by atoms with E-state index in [1.165, 1.54) is 25.7 Å². The Balaban J connectivity index is 1.77. The molecule has 2 aliphatic rings. The zero-order valence-electron chi connectivity index (χ0n) is 8.94. The molecule has 1 fully saturated rings. The first-order valence-electron chi connectivity index (χ1n) is 5.63. The molecule has 16 heavy (non-hydrogen) atoms. The quantitative estimate of drug-likeness (QED) is 0.733. The number of pyridine rings is 1. The van der Waals surface area contributed by atoms with Gasteiger partial charge in [0.25, 0.3) is 0 Å². The van der Waals surface area contributed by atoms with Crippen LogP contribution in [0.25, 0.3) is 0 Å². The van der Waals surface area contributed by atoms with Gasteiger partial charge in [0.15, 0.2) is 0 Å². The molecule has 0 bridgehead atoms. The zero-order valence-corrected chi connectivity index (χ0v) is 9.76. The minimum atomic E-state index is 0.499. The molecule has 5 heteroatoms. The van der Waals surface area contributed by atoms with Crippen molar-refractivity contribution >= 4 is 23.6 Å². The van der Waals surface area contributed by atoms with Crippen LogP contribution in [0.2, 0.25) is 0 Å². The summed E-state index contributed by atoms with van der Waals surface area (Å²) in [6, 6.07) is 2.48. The van der Waals surface area contributed by atoms with Crippen molar-refractivity contribution in [2.75, 3.05) is 5.32 Å². The summed E-state index contributed by atoms with van der Waals surface area (Å²) in [5, 5.41) is 3.30. The summed E-state index contributed by atoms with van der Waals surface area (Å²) in [6.45, 7) is 0. The molecule has 2 N–H and O–H groups in total. The number of rotatable bonds is 1. The lowest BCUT2D eigenvalue weighted by Gasteiger charge is -2.20. The average molecular weight is 234 g/mol. The Hall–Kier alpha value is -1.23. The van der Waals surface area contributed by atoms with Gasteiger partial charge < -0.3 is 5.32 Å². The van der Waals surface area contributed by atoms with Gasteiger partial charge in [-0.2, -0.15) is 0 Å². The normalized spacial score (nSPS) is 22.6. The molecule has 0 unspecified atom stereocenters. The van der Waals surface area contributed by atoms with E-state index in [2.05, 4.69) is 20.0 Å². The SMILES string of the molecule is c1cc2c(cn1)SNC(=NC1CCCC1)N2. The van der Waals surface area contributed by atoms with Crippen LogP contribution in [0, 0.1) is 0 Å². The smallest absolute Gasteiger partial charge is 0.206 e. The Labute approximate surface area is 99.1 Å². The minimum Gasteiger partial charge on any atom is -0.324 e. The van der Waals surface area contributed by atoms with Crippen LogP contribution in [-0.2, 0) is 0 Å². The van der Waals surface area contributed by atoms with E-state index in [9.17, 15) is 0 Å². The van der Waals surface area contributed by atoms with Crippen LogP contribution in [0.4, 0.5) is 5.69 Å². The molecule has 84 valence electrons. The summed E-state index contributed by atoms with van der Waals surface area (Å²) >= 11 is 1.57. The highest BCUT2D eigenvalue weighted by atomic mass is 32.2. The number of nitrogens with zero attached hydrogens (tertiary/aromatic N) is 2. The van der Waals surface area contributed by atoms with Gasteiger partial charge in [-0.05, 0) is 30.9 Å². The molecule has 1 aliphatic heterocycles. The molecule has 2 heterocycles. The van der Waals surface area contributed by atoms with E-state index in [-0.39, 0.29) is 0 Å². The Morgan fingerprint density at radius 3 is 3.12 bits per heavy atom. The minimum absolute atomic E-state index is 0.499. The van der Waals surface area contributed by atoms with E-state index in [1.807, 2.05) is 12.3 Å². The second-order valence-electron chi connectivity index (χ2n) is 4.12. The summed E-state index contributed by atoms with van der Waals surface area (Å²) in [4.78, 5) is 9.89. The lowest BCUT2D eigenvalue weighted by molar-refractivity contribution is 0.704. The highest BCUT2D eigenvalue weighted by molar-refractivity contribution is 7.98. The molecule has 0 aromatic carbocycles. The molecule has 0 atom stereocenters. The molecule has 1 saturated carbocycles. The van der Waals surface area contributed by atoms with Gasteiger partial charge in [0, 0.05) is 12.4 Å². The van der Waals surface area contributed by atoms with Crippen molar-refractivity contribution in [1.29, 1.82) is 0 Å². The van der Waals surface area contributed by atoms with Gasteiger partial charge in [0.05, 0.1) is 16.6 Å². The average Bonchev–Trinajstić information content (AvgIpc) is 2.82. The van der Waals surface area contributed by atoms with Crippen LogP contribution in [0.1, 0.15) is 25.7 Å². The maximum atomic E-state index is 4.69. The fourth-order valence-corrected chi connectivity index (χ4v) is 2.75. The first kappa shape index (κ1) is 9.96. The lowest BCUT2D eigenvalue weighted by Crippen LogP contribution is -2.30. The summed E-state index contributed by atoms with van der Waals surface area (Å²) < 4.78 is 3.22. The van der Waals surface area contributed by atoms with E-state index in [0.29, 0.717) is 6.04 Å². The van der Waals surface area contributed by atoms with Crippen LogP contribution >= 0.6 is 11.9 Å². The molecule has 0 spiro atoms. The summed E-state index contributed by atoms with van der Waals surface area (Å²) in [5.41, 5.74) is 1.09. The Morgan fingerprint density at radius 1 is 1.38 bits per heavy atom. The molecule has 0 amide bonds. The predicted octanol–water partition coefficient (Wildman–Crippen LogP) is 2.40. The first-order chi connectivity index (χ1) is 7.92. The van der Waals surface area contributed by atoms with Crippen molar-refractivity contribution in [2.24, 2.45) is 4.99 Å². The fraction of sp³-hybridized carbons (Fsp3) is 0.455. The van der Waals surface area contributed by atoms with Crippen LogP contribution in [-0.4, -0.2) is 17.0 Å². The highest BCUT2D eigenvalue weighted by Gasteiger charge is 2.18. The van der Waals surface area contributed by atoms with E-state index in [0.717, 1.165) is 16.5 Å². The monoisotopic (exact) mass is 234 g/mol. The molecule has 0 radical (unpaired) electrons.